The maximum Gasteiger partial charge on any atom is 0.262 e. The number of thiazole rings is 1. The lowest BCUT2D eigenvalue weighted by molar-refractivity contribution is -0.119. The van der Waals surface area contributed by atoms with Crippen LogP contribution in [0.3, 0.4) is 0 Å². The van der Waals surface area contributed by atoms with Crippen molar-refractivity contribution in [2.75, 3.05) is 5.32 Å². The molecule has 0 fully saturated rings. The number of fused-ring (bicyclic) bond motifs is 2. The predicted octanol–water partition coefficient (Wildman–Crippen LogP) is 2.92. The first-order valence-electron chi connectivity index (χ1n) is 7.69. The number of benzene rings is 2. The number of amides is 3. The maximum atomic E-state index is 12.5. The average Bonchev–Trinajstić information content (AvgIpc) is 3.13. The fraction of sp³-hybridized carbons (Fsp3) is 0.111. The van der Waals surface area contributed by atoms with Crippen molar-refractivity contribution >= 4 is 44.4 Å². The van der Waals surface area contributed by atoms with E-state index >= 15 is 0 Å². The number of hydrogen-bond acceptors (Lipinski definition) is 5. The van der Waals surface area contributed by atoms with Gasteiger partial charge in [-0.05, 0) is 31.2 Å². The molecule has 2 heterocycles. The van der Waals surface area contributed by atoms with Crippen molar-refractivity contribution < 1.29 is 14.4 Å². The largest absolute Gasteiger partial charge is 0.300 e. The molecule has 1 N–H and O–H groups in total. The predicted molar refractivity (Wildman–Crippen MR) is 94.7 cm³/mol. The second-order valence-corrected chi connectivity index (χ2v) is 6.71. The highest BCUT2D eigenvalue weighted by Gasteiger charge is 2.40. The zero-order valence-corrected chi connectivity index (χ0v) is 14.0. The van der Waals surface area contributed by atoms with Crippen LogP contribution in [0.25, 0.3) is 10.2 Å². The molecular formula is C18H13N3O3S. The molecule has 1 aromatic heterocycles. The van der Waals surface area contributed by atoms with Crippen LogP contribution < -0.4 is 5.32 Å². The van der Waals surface area contributed by atoms with Gasteiger partial charge in [0.2, 0.25) is 5.91 Å². The molecule has 124 valence electrons. The molecule has 0 bridgehead atoms. The second-order valence-electron chi connectivity index (χ2n) is 5.68. The summed E-state index contributed by atoms with van der Waals surface area (Å²) in [7, 11) is 0. The van der Waals surface area contributed by atoms with Gasteiger partial charge in [0.05, 0.1) is 21.3 Å². The molecule has 25 heavy (non-hydrogen) atoms. The highest BCUT2D eigenvalue weighted by Crippen LogP contribution is 2.27. The number of aromatic nitrogens is 1. The molecule has 0 aliphatic carbocycles. The van der Waals surface area contributed by atoms with E-state index in [2.05, 4.69) is 10.3 Å². The monoisotopic (exact) mass is 351 g/mol. The molecule has 1 aliphatic rings. The number of nitrogens with zero attached hydrogens (tertiary/aromatic N) is 2. The Balaban J connectivity index is 1.56. The summed E-state index contributed by atoms with van der Waals surface area (Å²) >= 11 is 1.34. The van der Waals surface area contributed by atoms with Gasteiger partial charge in [0, 0.05) is 0 Å². The minimum atomic E-state index is -0.931. The molecule has 0 saturated carbocycles. The minimum absolute atomic E-state index is 0.326. The first kappa shape index (κ1) is 15.5. The highest BCUT2D eigenvalue weighted by atomic mass is 32.1. The lowest BCUT2D eigenvalue weighted by Crippen LogP contribution is -2.45. The van der Waals surface area contributed by atoms with E-state index in [0.717, 1.165) is 15.1 Å². The van der Waals surface area contributed by atoms with Crippen molar-refractivity contribution in [2.45, 2.75) is 13.0 Å². The fourth-order valence-corrected chi connectivity index (χ4v) is 3.68. The van der Waals surface area contributed by atoms with Gasteiger partial charge in [-0.25, -0.2) is 4.98 Å². The fourth-order valence-electron chi connectivity index (χ4n) is 2.81. The summed E-state index contributed by atoms with van der Waals surface area (Å²) in [6.07, 6.45) is 0. The molecule has 1 atom stereocenters. The average molecular weight is 351 g/mol. The highest BCUT2D eigenvalue weighted by molar-refractivity contribution is 7.22. The number of carbonyl (C=O) groups is 3. The normalized spacial score (nSPS) is 14.7. The first-order valence-corrected chi connectivity index (χ1v) is 8.51. The molecule has 6 nitrogen and oxygen atoms in total. The van der Waals surface area contributed by atoms with Gasteiger partial charge in [-0.2, -0.15) is 0 Å². The van der Waals surface area contributed by atoms with Gasteiger partial charge >= 0.3 is 0 Å². The van der Waals surface area contributed by atoms with Crippen LogP contribution in [0.5, 0.6) is 0 Å². The van der Waals surface area contributed by atoms with E-state index in [1.807, 2.05) is 24.3 Å². The molecule has 3 aromatic rings. The Bertz CT molecular complexity index is 959. The summed E-state index contributed by atoms with van der Waals surface area (Å²) in [6.45, 7) is 1.53. The zero-order valence-electron chi connectivity index (χ0n) is 13.2. The van der Waals surface area contributed by atoms with Gasteiger partial charge in [0.15, 0.2) is 5.13 Å². The molecule has 0 radical (unpaired) electrons. The van der Waals surface area contributed by atoms with E-state index in [0.29, 0.717) is 16.3 Å². The zero-order chi connectivity index (χ0) is 17.6. The Labute approximate surface area is 147 Å². The lowest BCUT2D eigenvalue weighted by Gasteiger charge is -2.21. The SMILES string of the molecule is CC(C(=O)Nc1nc2ccccc2s1)N1C(=O)c2ccccc2C1=O. The number of imide groups is 1. The molecule has 3 amide bonds. The van der Waals surface area contributed by atoms with E-state index in [1.54, 1.807) is 24.3 Å². The summed E-state index contributed by atoms with van der Waals surface area (Å²) in [4.78, 5) is 42.8. The topological polar surface area (TPSA) is 79.4 Å². The van der Waals surface area contributed by atoms with Gasteiger partial charge in [0.25, 0.3) is 11.8 Å². The Morgan fingerprint density at radius 1 is 1.04 bits per heavy atom. The van der Waals surface area contributed by atoms with Crippen LogP contribution in [0.2, 0.25) is 0 Å². The Morgan fingerprint density at radius 3 is 2.28 bits per heavy atom. The quantitative estimate of drug-likeness (QED) is 0.736. The third-order valence-electron chi connectivity index (χ3n) is 4.12. The number of para-hydroxylation sites is 1. The summed E-state index contributed by atoms with van der Waals surface area (Å²) in [5, 5.41) is 3.14. The third kappa shape index (κ3) is 2.49. The van der Waals surface area contributed by atoms with Gasteiger partial charge in [-0.1, -0.05) is 35.6 Å². The smallest absolute Gasteiger partial charge is 0.262 e. The summed E-state index contributed by atoms with van der Waals surface area (Å²) in [5.74, 6) is -1.35. The molecule has 4 rings (SSSR count). The molecule has 1 aliphatic heterocycles. The Hall–Kier alpha value is -3.06. The van der Waals surface area contributed by atoms with Gasteiger partial charge < -0.3 is 5.32 Å². The second kappa shape index (κ2) is 5.78. The molecule has 7 heteroatoms. The third-order valence-corrected chi connectivity index (χ3v) is 5.07. The van der Waals surface area contributed by atoms with Gasteiger partial charge in [0.1, 0.15) is 6.04 Å². The first-order chi connectivity index (χ1) is 12.1. The maximum absolute atomic E-state index is 12.5. The van der Waals surface area contributed by atoms with E-state index < -0.39 is 23.8 Å². The summed E-state index contributed by atoms with van der Waals surface area (Å²) in [6, 6.07) is 13.2. The Kier molecular flexibility index (Phi) is 3.58. The summed E-state index contributed by atoms with van der Waals surface area (Å²) in [5.41, 5.74) is 1.44. The van der Waals surface area contributed by atoms with Gasteiger partial charge in [-0.15, -0.1) is 0 Å². The lowest BCUT2D eigenvalue weighted by atomic mass is 10.1. The minimum Gasteiger partial charge on any atom is -0.300 e. The van der Waals surface area contributed by atoms with Crippen molar-refractivity contribution in [3.63, 3.8) is 0 Å². The number of carbonyl (C=O) groups excluding carboxylic acids is 3. The van der Waals surface area contributed by atoms with Crippen LogP contribution in [0.4, 0.5) is 5.13 Å². The van der Waals surface area contributed by atoms with Crippen LogP contribution >= 0.6 is 11.3 Å². The van der Waals surface area contributed by atoms with E-state index in [4.69, 9.17) is 0 Å². The molecular weight excluding hydrogens is 338 g/mol. The molecule has 2 aromatic carbocycles. The van der Waals surface area contributed by atoms with Crippen LogP contribution in [-0.4, -0.2) is 33.6 Å². The van der Waals surface area contributed by atoms with Crippen LogP contribution in [0, 0.1) is 0 Å². The molecule has 0 saturated heterocycles. The van der Waals surface area contributed by atoms with Crippen LogP contribution in [0.15, 0.2) is 48.5 Å². The number of hydrogen-bond donors (Lipinski definition) is 1. The van der Waals surface area contributed by atoms with Crippen molar-refractivity contribution in [3.05, 3.63) is 59.7 Å². The van der Waals surface area contributed by atoms with Crippen molar-refractivity contribution in [1.82, 2.24) is 9.88 Å². The number of rotatable bonds is 3. The molecule has 0 spiro atoms. The van der Waals surface area contributed by atoms with Crippen molar-refractivity contribution in [3.8, 4) is 0 Å². The number of anilines is 1. The number of nitrogens with one attached hydrogen (secondary N) is 1. The summed E-state index contributed by atoms with van der Waals surface area (Å²) < 4.78 is 0.950. The van der Waals surface area contributed by atoms with Crippen LogP contribution in [0.1, 0.15) is 27.6 Å². The van der Waals surface area contributed by atoms with Gasteiger partial charge in [-0.3, -0.25) is 19.3 Å². The van der Waals surface area contributed by atoms with Crippen LogP contribution in [-0.2, 0) is 4.79 Å². The standard InChI is InChI=1S/C18H13N3O3S/c1-10(21-16(23)11-6-2-3-7-12(11)17(21)24)15(22)20-18-19-13-8-4-5-9-14(13)25-18/h2-10H,1H3,(H,19,20,22). The molecule has 1 unspecified atom stereocenters. The van der Waals surface area contributed by atoms with E-state index in [9.17, 15) is 14.4 Å². The van der Waals surface area contributed by atoms with Crippen molar-refractivity contribution in [2.24, 2.45) is 0 Å². The van der Waals surface area contributed by atoms with Crippen molar-refractivity contribution in [1.29, 1.82) is 0 Å². The van der Waals surface area contributed by atoms with E-state index in [1.165, 1.54) is 18.3 Å². The Morgan fingerprint density at radius 2 is 1.64 bits per heavy atom. The van der Waals surface area contributed by atoms with E-state index in [-0.39, 0.29) is 0 Å².